The van der Waals surface area contributed by atoms with Crippen LogP contribution in [0.3, 0.4) is 0 Å². The van der Waals surface area contributed by atoms with Crippen molar-refractivity contribution in [3.05, 3.63) is 59.7 Å². The maximum Gasteiger partial charge on any atom is 0.493 e. The fourth-order valence-corrected chi connectivity index (χ4v) is 4.57. The van der Waals surface area contributed by atoms with Gasteiger partial charge in [0.05, 0.1) is 5.69 Å². The summed E-state index contributed by atoms with van der Waals surface area (Å²) in [6.45, 7) is 10.2. The molecular weight excluding hydrogens is 513 g/mol. The minimum absolute atomic E-state index is 0.171. The van der Waals surface area contributed by atoms with Gasteiger partial charge in [-0.1, -0.05) is 41.9 Å². The van der Waals surface area contributed by atoms with Gasteiger partial charge < -0.3 is 20.2 Å². The lowest BCUT2D eigenvalue weighted by molar-refractivity contribution is -0.199. The van der Waals surface area contributed by atoms with Crippen LogP contribution in [0.15, 0.2) is 53.7 Å². The van der Waals surface area contributed by atoms with Gasteiger partial charge in [-0.25, -0.2) is 4.79 Å². The molecule has 1 atom stereocenters. The smallest absolute Gasteiger partial charge is 0.474 e. The van der Waals surface area contributed by atoms with Gasteiger partial charge in [0.25, 0.3) is 5.91 Å². The molecule has 1 unspecified atom stereocenters. The van der Waals surface area contributed by atoms with Crippen LogP contribution < -0.4 is 15.4 Å². The number of hydrogen-bond acceptors (Lipinski definition) is 6. The highest BCUT2D eigenvalue weighted by Gasteiger charge is 2.42. The summed E-state index contributed by atoms with van der Waals surface area (Å²) < 4.78 is 43.2. The van der Waals surface area contributed by atoms with Crippen molar-refractivity contribution in [1.29, 1.82) is 0 Å². The summed E-state index contributed by atoms with van der Waals surface area (Å²) >= 11 is 0. The number of anilines is 1. The number of carbonyl (C=O) groups excluding carboxylic acids is 2. The second-order valence-corrected chi connectivity index (χ2v) is 9.92. The number of amides is 1. The standard InChI is InChI=1S/C28H35F3N4O4/c1-18(2)34(19(3)4)15-8-5-9-16-35-22-13-6-7-14-23(22)38-24(26(35)36)20-11-10-12-21(17-20)25(32)33-39-27(37)28(29,30)31/h6-7,10-14,17-19,24H,5,8-9,15-16H2,1-4H3,(H2,32,33). The average Bonchev–Trinajstić information content (AvgIpc) is 2.88. The summed E-state index contributed by atoms with van der Waals surface area (Å²) in [7, 11) is 0. The van der Waals surface area contributed by atoms with Crippen molar-refractivity contribution in [1.82, 2.24) is 4.90 Å². The van der Waals surface area contributed by atoms with Crippen molar-refractivity contribution in [2.75, 3.05) is 18.0 Å². The molecule has 11 heteroatoms. The SMILES string of the molecule is CC(C)N(CCCCCN1C(=O)C(c2cccc(/C(N)=N/OC(=O)C(F)(F)F)c2)Oc2ccccc21)C(C)C. The molecule has 0 aromatic heterocycles. The lowest BCUT2D eigenvalue weighted by atomic mass is 10.0. The highest BCUT2D eigenvalue weighted by atomic mass is 19.4. The number of hydrogen-bond donors (Lipinski definition) is 1. The number of oxime groups is 1. The number of nitrogens with two attached hydrogens (primary N) is 1. The Morgan fingerprint density at radius 2 is 1.77 bits per heavy atom. The number of carbonyl (C=O) groups is 2. The molecule has 1 amide bonds. The quantitative estimate of drug-likeness (QED) is 0.137. The molecule has 3 rings (SSSR count). The molecule has 0 spiro atoms. The molecule has 0 radical (unpaired) electrons. The van der Waals surface area contributed by atoms with Crippen molar-refractivity contribution in [3.8, 4) is 5.75 Å². The fraction of sp³-hybridized carbons (Fsp3) is 0.464. The van der Waals surface area contributed by atoms with Crippen LogP contribution in [0.4, 0.5) is 18.9 Å². The Morgan fingerprint density at radius 1 is 1.08 bits per heavy atom. The Morgan fingerprint density at radius 3 is 2.44 bits per heavy atom. The minimum atomic E-state index is -5.20. The van der Waals surface area contributed by atoms with Gasteiger partial charge in [0.1, 0.15) is 5.75 Å². The zero-order chi connectivity index (χ0) is 28.7. The largest absolute Gasteiger partial charge is 0.493 e. The molecular formula is C28H35F3N4O4. The highest BCUT2D eigenvalue weighted by Crippen LogP contribution is 2.39. The van der Waals surface area contributed by atoms with E-state index in [0.29, 0.717) is 35.6 Å². The summed E-state index contributed by atoms with van der Waals surface area (Å²) in [6.07, 6.45) is -3.43. The average molecular weight is 549 g/mol. The van der Waals surface area contributed by atoms with E-state index in [1.54, 1.807) is 23.1 Å². The first-order valence-electron chi connectivity index (χ1n) is 12.9. The summed E-state index contributed by atoms with van der Waals surface area (Å²) in [4.78, 5) is 32.6. The number of ether oxygens (including phenoxy) is 1. The Hall–Kier alpha value is -3.60. The topological polar surface area (TPSA) is 97.5 Å². The van der Waals surface area contributed by atoms with E-state index in [-0.39, 0.29) is 11.5 Å². The van der Waals surface area contributed by atoms with Crippen LogP contribution in [0.5, 0.6) is 5.75 Å². The van der Waals surface area contributed by atoms with Crippen LogP contribution in [0.2, 0.25) is 0 Å². The summed E-state index contributed by atoms with van der Waals surface area (Å²) in [5.41, 5.74) is 7.03. The van der Waals surface area contributed by atoms with E-state index in [4.69, 9.17) is 10.5 Å². The van der Waals surface area contributed by atoms with E-state index in [9.17, 15) is 22.8 Å². The van der Waals surface area contributed by atoms with E-state index < -0.39 is 24.1 Å². The van der Waals surface area contributed by atoms with Crippen molar-refractivity contribution in [2.24, 2.45) is 10.9 Å². The molecule has 1 heterocycles. The molecule has 0 aliphatic carbocycles. The predicted octanol–water partition coefficient (Wildman–Crippen LogP) is 5.17. The first kappa shape index (κ1) is 29.9. The second kappa shape index (κ2) is 13.0. The molecule has 1 aliphatic heterocycles. The van der Waals surface area contributed by atoms with Crippen molar-refractivity contribution in [3.63, 3.8) is 0 Å². The summed E-state index contributed by atoms with van der Waals surface area (Å²) in [6, 6.07) is 14.4. The van der Waals surface area contributed by atoms with Gasteiger partial charge in [-0.15, -0.1) is 0 Å². The molecule has 8 nitrogen and oxygen atoms in total. The molecule has 0 fully saturated rings. The van der Waals surface area contributed by atoms with Crippen LogP contribution >= 0.6 is 0 Å². The Labute approximate surface area is 226 Å². The molecule has 2 aromatic rings. The number of nitrogens with zero attached hydrogens (tertiary/aromatic N) is 3. The first-order valence-corrected chi connectivity index (χ1v) is 12.9. The van der Waals surface area contributed by atoms with Gasteiger partial charge in [-0.3, -0.25) is 9.69 Å². The maximum atomic E-state index is 13.6. The Balaban J connectivity index is 1.73. The summed E-state index contributed by atoms with van der Waals surface area (Å²) in [5, 5.41) is 3.09. The number of unbranched alkanes of at least 4 members (excludes halogenated alkanes) is 2. The molecule has 0 saturated carbocycles. The van der Waals surface area contributed by atoms with Crippen LogP contribution in [0.25, 0.3) is 0 Å². The number of alkyl halides is 3. The molecule has 1 aliphatic rings. The van der Waals surface area contributed by atoms with E-state index >= 15 is 0 Å². The van der Waals surface area contributed by atoms with Crippen LogP contribution in [-0.4, -0.2) is 54.0 Å². The van der Waals surface area contributed by atoms with Gasteiger partial charge in [0.15, 0.2) is 5.84 Å². The van der Waals surface area contributed by atoms with Crippen molar-refractivity contribution in [2.45, 2.75) is 71.3 Å². The van der Waals surface area contributed by atoms with E-state index in [0.717, 1.165) is 25.8 Å². The lowest BCUT2D eigenvalue weighted by Crippen LogP contribution is -2.42. The maximum absolute atomic E-state index is 13.6. The third-order valence-corrected chi connectivity index (χ3v) is 6.46. The Bertz CT molecular complexity index is 1180. The van der Waals surface area contributed by atoms with Gasteiger partial charge in [-0.2, -0.15) is 13.2 Å². The molecule has 212 valence electrons. The fourth-order valence-electron chi connectivity index (χ4n) is 4.57. The third-order valence-electron chi connectivity index (χ3n) is 6.46. The molecule has 39 heavy (non-hydrogen) atoms. The van der Waals surface area contributed by atoms with Crippen LogP contribution in [-0.2, 0) is 14.4 Å². The second-order valence-electron chi connectivity index (χ2n) is 9.92. The zero-order valence-corrected chi connectivity index (χ0v) is 22.6. The van der Waals surface area contributed by atoms with Gasteiger partial charge in [-0.05, 0) is 65.3 Å². The lowest BCUT2D eigenvalue weighted by Gasteiger charge is -2.35. The van der Waals surface area contributed by atoms with Crippen molar-refractivity contribution < 1.29 is 32.3 Å². The molecule has 0 bridgehead atoms. The summed E-state index contributed by atoms with van der Waals surface area (Å²) in [5.74, 6) is -2.66. The normalized spacial score (nSPS) is 16.1. The number of benzene rings is 2. The van der Waals surface area contributed by atoms with E-state index in [1.165, 1.54) is 12.1 Å². The number of amidine groups is 1. The number of para-hydroxylation sites is 2. The molecule has 2 N–H and O–H groups in total. The van der Waals surface area contributed by atoms with Gasteiger partial charge in [0, 0.05) is 29.8 Å². The van der Waals surface area contributed by atoms with Crippen molar-refractivity contribution >= 4 is 23.4 Å². The highest BCUT2D eigenvalue weighted by molar-refractivity contribution is 6.01. The Kier molecular flexibility index (Phi) is 9.96. The zero-order valence-electron chi connectivity index (χ0n) is 22.6. The number of fused-ring (bicyclic) bond motifs is 1. The molecule has 0 saturated heterocycles. The molecule has 2 aromatic carbocycles. The van der Waals surface area contributed by atoms with E-state index in [2.05, 4.69) is 42.6 Å². The van der Waals surface area contributed by atoms with Crippen LogP contribution in [0, 0.1) is 0 Å². The minimum Gasteiger partial charge on any atom is -0.474 e. The predicted molar refractivity (Wildman–Crippen MR) is 142 cm³/mol. The van der Waals surface area contributed by atoms with Gasteiger partial charge in [0.2, 0.25) is 6.10 Å². The number of rotatable bonds is 11. The third kappa shape index (κ3) is 7.72. The monoisotopic (exact) mass is 548 g/mol. The number of halogens is 3. The van der Waals surface area contributed by atoms with Gasteiger partial charge >= 0.3 is 12.1 Å². The van der Waals surface area contributed by atoms with E-state index in [1.807, 2.05) is 18.2 Å². The first-order chi connectivity index (χ1) is 18.4. The van der Waals surface area contributed by atoms with Crippen LogP contribution in [0.1, 0.15) is 64.2 Å².